The number of benzene rings is 1. The Labute approximate surface area is 121 Å². The van der Waals surface area contributed by atoms with Crippen LogP contribution in [0.1, 0.15) is 35.2 Å². The highest BCUT2D eigenvalue weighted by atomic mass is 19.1. The van der Waals surface area contributed by atoms with Crippen molar-refractivity contribution in [1.82, 2.24) is 5.32 Å². The summed E-state index contributed by atoms with van der Waals surface area (Å²) >= 11 is 0. The molecule has 5 nitrogen and oxygen atoms in total. The van der Waals surface area contributed by atoms with E-state index in [1.807, 2.05) is 0 Å². The van der Waals surface area contributed by atoms with Crippen LogP contribution in [0.2, 0.25) is 0 Å². The Morgan fingerprint density at radius 3 is 2.76 bits per heavy atom. The number of halogens is 1. The fourth-order valence-corrected chi connectivity index (χ4v) is 2.56. The number of ketones is 1. The van der Waals surface area contributed by atoms with Crippen molar-refractivity contribution in [3.63, 3.8) is 0 Å². The number of carbonyl (C=O) groups excluding carboxylic acids is 3. The van der Waals surface area contributed by atoms with E-state index in [1.165, 1.54) is 11.0 Å². The standard InChI is InChI=1S/C15H15FN2O3/c1-8-6-9(16)7-11-13(8)18(15(21)14(11)20)5-4-12(19)17-10-2-3-10/h6-7,10H,2-5H2,1H3,(H,17,19). The van der Waals surface area contributed by atoms with Gasteiger partial charge in [0.2, 0.25) is 5.91 Å². The normalized spacial score (nSPS) is 17.1. The molecule has 21 heavy (non-hydrogen) atoms. The van der Waals surface area contributed by atoms with Crippen molar-refractivity contribution in [1.29, 1.82) is 0 Å². The van der Waals surface area contributed by atoms with Gasteiger partial charge in [-0.2, -0.15) is 0 Å². The van der Waals surface area contributed by atoms with Crippen molar-refractivity contribution in [2.45, 2.75) is 32.2 Å². The summed E-state index contributed by atoms with van der Waals surface area (Å²) in [6.45, 7) is 1.77. The average Bonchev–Trinajstić information content (AvgIpc) is 3.18. The fourth-order valence-electron chi connectivity index (χ4n) is 2.56. The molecule has 0 bridgehead atoms. The number of amides is 2. The SMILES string of the molecule is Cc1cc(F)cc2c1N(CCC(=O)NC1CC1)C(=O)C2=O. The Morgan fingerprint density at radius 2 is 2.10 bits per heavy atom. The summed E-state index contributed by atoms with van der Waals surface area (Å²) in [6.07, 6.45) is 2.12. The molecule has 2 aliphatic rings. The van der Waals surface area contributed by atoms with Crippen LogP contribution in [0.3, 0.4) is 0 Å². The van der Waals surface area contributed by atoms with Crippen LogP contribution < -0.4 is 10.2 Å². The van der Waals surface area contributed by atoms with Gasteiger partial charge in [-0.15, -0.1) is 0 Å². The van der Waals surface area contributed by atoms with Gasteiger partial charge in [0.1, 0.15) is 5.82 Å². The molecule has 1 N–H and O–H groups in total. The summed E-state index contributed by atoms with van der Waals surface area (Å²) in [5.74, 6) is -2.08. The molecule has 1 aromatic carbocycles. The summed E-state index contributed by atoms with van der Waals surface area (Å²) in [5.41, 5.74) is 1.03. The minimum Gasteiger partial charge on any atom is -0.353 e. The quantitative estimate of drug-likeness (QED) is 0.851. The lowest BCUT2D eigenvalue weighted by Crippen LogP contribution is -2.35. The Morgan fingerprint density at radius 1 is 1.38 bits per heavy atom. The van der Waals surface area contributed by atoms with Crippen molar-refractivity contribution in [3.8, 4) is 0 Å². The number of hydrogen-bond donors (Lipinski definition) is 1. The first-order valence-corrected chi connectivity index (χ1v) is 6.93. The van der Waals surface area contributed by atoms with Gasteiger partial charge in [0.15, 0.2) is 0 Å². The van der Waals surface area contributed by atoms with Crippen LogP contribution in [0.4, 0.5) is 10.1 Å². The molecule has 1 aromatic rings. The lowest BCUT2D eigenvalue weighted by molar-refractivity contribution is -0.121. The van der Waals surface area contributed by atoms with Crippen LogP contribution in [0.25, 0.3) is 0 Å². The zero-order valence-corrected chi connectivity index (χ0v) is 11.6. The molecular weight excluding hydrogens is 275 g/mol. The van der Waals surface area contributed by atoms with E-state index < -0.39 is 17.5 Å². The third kappa shape index (κ3) is 2.53. The predicted molar refractivity (Wildman–Crippen MR) is 73.6 cm³/mol. The first-order chi connectivity index (χ1) is 9.97. The molecule has 1 aliphatic heterocycles. The molecule has 1 saturated carbocycles. The molecule has 0 unspecified atom stereocenters. The molecule has 0 aromatic heterocycles. The molecule has 0 radical (unpaired) electrons. The van der Waals surface area contributed by atoms with Gasteiger partial charge in [0.05, 0.1) is 11.3 Å². The summed E-state index contributed by atoms with van der Waals surface area (Å²) in [7, 11) is 0. The highest BCUT2D eigenvalue weighted by Gasteiger charge is 2.37. The van der Waals surface area contributed by atoms with Crippen molar-refractivity contribution in [2.24, 2.45) is 0 Å². The van der Waals surface area contributed by atoms with Crippen LogP contribution in [-0.4, -0.2) is 30.2 Å². The van der Waals surface area contributed by atoms with Gasteiger partial charge in [-0.25, -0.2) is 4.39 Å². The van der Waals surface area contributed by atoms with Crippen LogP contribution in [0.5, 0.6) is 0 Å². The molecule has 0 saturated heterocycles. The van der Waals surface area contributed by atoms with Gasteiger partial charge in [0.25, 0.3) is 11.7 Å². The zero-order valence-electron chi connectivity index (χ0n) is 11.6. The first kappa shape index (κ1) is 13.7. The molecule has 2 amide bonds. The fraction of sp³-hybridized carbons (Fsp3) is 0.400. The second-order valence-corrected chi connectivity index (χ2v) is 5.50. The lowest BCUT2D eigenvalue weighted by atomic mass is 10.1. The summed E-state index contributed by atoms with van der Waals surface area (Å²) in [5, 5.41) is 2.83. The maximum atomic E-state index is 13.4. The highest BCUT2D eigenvalue weighted by Crippen LogP contribution is 2.33. The van der Waals surface area contributed by atoms with Gasteiger partial charge in [0, 0.05) is 19.0 Å². The van der Waals surface area contributed by atoms with Gasteiger partial charge < -0.3 is 10.2 Å². The molecule has 0 spiro atoms. The van der Waals surface area contributed by atoms with E-state index in [0.717, 1.165) is 18.9 Å². The second kappa shape index (κ2) is 4.95. The maximum Gasteiger partial charge on any atom is 0.299 e. The summed E-state index contributed by atoms with van der Waals surface area (Å²) in [4.78, 5) is 36.9. The minimum absolute atomic E-state index is 0.0834. The molecule has 6 heteroatoms. The number of nitrogens with one attached hydrogen (secondary N) is 1. The summed E-state index contributed by atoms with van der Waals surface area (Å²) < 4.78 is 13.4. The maximum absolute atomic E-state index is 13.4. The minimum atomic E-state index is -0.713. The molecule has 1 heterocycles. The Bertz CT molecular complexity index is 653. The van der Waals surface area contributed by atoms with E-state index in [-0.39, 0.29) is 30.5 Å². The van der Waals surface area contributed by atoms with Gasteiger partial charge in [-0.1, -0.05) is 0 Å². The van der Waals surface area contributed by atoms with E-state index in [9.17, 15) is 18.8 Å². The molecule has 3 rings (SSSR count). The number of hydrogen-bond acceptors (Lipinski definition) is 3. The third-order valence-corrected chi connectivity index (χ3v) is 3.72. The molecule has 110 valence electrons. The number of nitrogens with zero attached hydrogens (tertiary/aromatic N) is 1. The van der Waals surface area contributed by atoms with Crippen molar-refractivity contribution in [3.05, 3.63) is 29.1 Å². The third-order valence-electron chi connectivity index (χ3n) is 3.72. The van der Waals surface area contributed by atoms with E-state index in [0.29, 0.717) is 11.3 Å². The Kier molecular flexibility index (Phi) is 3.23. The largest absolute Gasteiger partial charge is 0.353 e. The Hall–Kier alpha value is -2.24. The number of aryl methyl sites for hydroxylation is 1. The van der Waals surface area contributed by atoms with Crippen LogP contribution >= 0.6 is 0 Å². The zero-order chi connectivity index (χ0) is 15.1. The molecule has 1 aliphatic carbocycles. The summed E-state index contributed by atoms with van der Waals surface area (Å²) in [6, 6.07) is 2.62. The van der Waals surface area contributed by atoms with Gasteiger partial charge >= 0.3 is 0 Å². The van der Waals surface area contributed by atoms with Gasteiger partial charge in [-0.05, 0) is 37.5 Å². The van der Waals surface area contributed by atoms with Crippen LogP contribution in [0, 0.1) is 12.7 Å². The smallest absolute Gasteiger partial charge is 0.299 e. The van der Waals surface area contributed by atoms with E-state index >= 15 is 0 Å². The van der Waals surface area contributed by atoms with E-state index in [4.69, 9.17) is 0 Å². The number of anilines is 1. The average molecular weight is 290 g/mol. The molecular formula is C15H15FN2O3. The van der Waals surface area contributed by atoms with E-state index in [2.05, 4.69) is 5.32 Å². The topological polar surface area (TPSA) is 66.5 Å². The Balaban J connectivity index is 1.78. The second-order valence-electron chi connectivity index (χ2n) is 5.50. The monoisotopic (exact) mass is 290 g/mol. The van der Waals surface area contributed by atoms with Crippen molar-refractivity contribution in [2.75, 3.05) is 11.4 Å². The van der Waals surface area contributed by atoms with E-state index in [1.54, 1.807) is 6.92 Å². The lowest BCUT2D eigenvalue weighted by Gasteiger charge is -2.18. The van der Waals surface area contributed by atoms with Crippen molar-refractivity contribution >= 4 is 23.3 Å². The molecule has 1 fully saturated rings. The highest BCUT2D eigenvalue weighted by molar-refractivity contribution is 6.52. The van der Waals surface area contributed by atoms with Crippen LogP contribution in [-0.2, 0) is 9.59 Å². The number of fused-ring (bicyclic) bond motifs is 1. The first-order valence-electron chi connectivity index (χ1n) is 6.93. The number of carbonyl (C=O) groups is 3. The van der Waals surface area contributed by atoms with Crippen molar-refractivity contribution < 1.29 is 18.8 Å². The number of Topliss-reactive ketones (excluding diaryl/α,β-unsaturated/α-hetero) is 1. The molecule has 0 atom stereocenters. The van der Waals surface area contributed by atoms with Crippen LogP contribution in [0.15, 0.2) is 12.1 Å². The van der Waals surface area contributed by atoms with Gasteiger partial charge in [-0.3, -0.25) is 14.4 Å². The number of rotatable bonds is 4. The predicted octanol–water partition coefficient (Wildman–Crippen LogP) is 1.33.